The van der Waals surface area contributed by atoms with Crippen LogP contribution < -0.4 is 10.0 Å². The molecular formula is C17H23N3O3S. The van der Waals surface area contributed by atoms with Crippen LogP contribution in [-0.4, -0.2) is 51.4 Å². The van der Waals surface area contributed by atoms with Crippen molar-refractivity contribution < 1.29 is 13.2 Å². The zero-order valence-corrected chi connectivity index (χ0v) is 14.6. The number of fused-ring (bicyclic) bond motifs is 1. The smallest absolute Gasteiger partial charge is 0.254 e. The van der Waals surface area contributed by atoms with E-state index < -0.39 is 10.0 Å². The Labute approximate surface area is 142 Å². The number of nitrogens with zero attached hydrogens (tertiary/aromatic N) is 1. The van der Waals surface area contributed by atoms with Crippen LogP contribution in [0.3, 0.4) is 0 Å². The van der Waals surface area contributed by atoms with E-state index in [9.17, 15) is 13.2 Å². The minimum atomic E-state index is -3.54. The first-order chi connectivity index (χ1) is 11.4. The van der Waals surface area contributed by atoms with Gasteiger partial charge in [0.25, 0.3) is 5.91 Å². The number of hydrogen-bond acceptors (Lipinski definition) is 4. The average Bonchev–Trinajstić information content (AvgIpc) is 3.07. The fraction of sp³-hybridized carbons (Fsp3) is 0.588. The van der Waals surface area contributed by atoms with Gasteiger partial charge < -0.3 is 10.2 Å². The van der Waals surface area contributed by atoms with Crippen LogP contribution in [0.5, 0.6) is 0 Å². The molecule has 3 aliphatic rings. The third kappa shape index (κ3) is 2.96. The molecule has 4 rings (SSSR count). The van der Waals surface area contributed by atoms with Crippen molar-refractivity contribution >= 4 is 15.9 Å². The molecule has 2 N–H and O–H groups in total. The molecule has 2 saturated heterocycles. The van der Waals surface area contributed by atoms with Crippen molar-refractivity contribution in [2.45, 2.75) is 30.7 Å². The molecule has 3 fully saturated rings. The van der Waals surface area contributed by atoms with Crippen molar-refractivity contribution in [3.05, 3.63) is 29.3 Å². The molecule has 0 spiro atoms. The number of carbonyl (C=O) groups is 1. The summed E-state index contributed by atoms with van der Waals surface area (Å²) in [6.45, 7) is 5.30. The highest BCUT2D eigenvalue weighted by Crippen LogP contribution is 2.29. The molecular weight excluding hydrogens is 326 g/mol. The predicted molar refractivity (Wildman–Crippen MR) is 90.3 cm³/mol. The summed E-state index contributed by atoms with van der Waals surface area (Å²) < 4.78 is 27.5. The summed E-state index contributed by atoms with van der Waals surface area (Å²) >= 11 is 0. The van der Waals surface area contributed by atoms with Crippen LogP contribution in [0, 0.1) is 18.8 Å². The van der Waals surface area contributed by atoms with Crippen LogP contribution in [-0.2, 0) is 10.0 Å². The molecule has 24 heavy (non-hydrogen) atoms. The lowest BCUT2D eigenvalue weighted by Gasteiger charge is -2.19. The van der Waals surface area contributed by atoms with Gasteiger partial charge in [-0.15, -0.1) is 0 Å². The largest absolute Gasteiger partial charge is 0.338 e. The van der Waals surface area contributed by atoms with Gasteiger partial charge in [-0.3, -0.25) is 4.79 Å². The zero-order valence-electron chi connectivity index (χ0n) is 13.8. The summed E-state index contributed by atoms with van der Waals surface area (Å²) in [6, 6.07) is 4.90. The molecule has 7 heteroatoms. The number of hydrogen-bond donors (Lipinski definition) is 2. The van der Waals surface area contributed by atoms with Gasteiger partial charge >= 0.3 is 0 Å². The van der Waals surface area contributed by atoms with Gasteiger partial charge in [0.1, 0.15) is 0 Å². The predicted octanol–water partition coefficient (Wildman–Crippen LogP) is 0.727. The first kappa shape index (κ1) is 16.1. The standard InChI is InChI=1S/C17H23N3O3S/c1-11-2-5-15(24(22,23)19-14-3-4-14)6-16(11)17(21)20-9-12-7-18-8-13(12)10-20/h2,5-6,12-14,18-19H,3-4,7-10H2,1H3/t12-,13+. The van der Waals surface area contributed by atoms with Gasteiger partial charge in [-0.25, -0.2) is 13.1 Å². The second-order valence-electron chi connectivity index (χ2n) is 7.26. The molecule has 0 aromatic heterocycles. The average molecular weight is 349 g/mol. The number of likely N-dealkylation sites (tertiary alicyclic amines) is 1. The summed E-state index contributed by atoms with van der Waals surface area (Å²) in [4.78, 5) is 15.0. The Balaban J connectivity index is 1.58. The highest BCUT2D eigenvalue weighted by atomic mass is 32.2. The van der Waals surface area contributed by atoms with Gasteiger partial charge in [0, 0.05) is 37.8 Å². The minimum absolute atomic E-state index is 0.0506. The fourth-order valence-corrected chi connectivity index (χ4v) is 5.01. The lowest BCUT2D eigenvalue weighted by Crippen LogP contribution is -2.32. The van der Waals surface area contributed by atoms with E-state index in [0.29, 0.717) is 17.4 Å². The summed E-state index contributed by atoms with van der Waals surface area (Å²) in [7, 11) is -3.54. The molecule has 2 heterocycles. The van der Waals surface area contributed by atoms with Crippen LogP contribution in [0.1, 0.15) is 28.8 Å². The maximum absolute atomic E-state index is 12.9. The molecule has 2 aliphatic heterocycles. The van der Waals surface area contributed by atoms with Crippen LogP contribution in [0.15, 0.2) is 23.1 Å². The number of benzene rings is 1. The number of sulfonamides is 1. The van der Waals surface area contributed by atoms with Gasteiger partial charge in [0.15, 0.2) is 0 Å². The summed E-state index contributed by atoms with van der Waals surface area (Å²) in [5, 5.41) is 3.36. The molecule has 1 aliphatic carbocycles. The molecule has 1 aromatic carbocycles. The lowest BCUT2D eigenvalue weighted by atomic mass is 10.0. The molecule has 1 saturated carbocycles. The highest BCUT2D eigenvalue weighted by molar-refractivity contribution is 7.89. The maximum atomic E-state index is 12.9. The van der Waals surface area contributed by atoms with Gasteiger partial charge in [-0.05, 0) is 49.3 Å². The first-order valence-electron chi connectivity index (χ1n) is 8.57. The van der Waals surface area contributed by atoms with Crippen molar-refractivity contribution in [3.8, 4) is 0 Å². The molecule has 1 amide bonds. The van der Waals surface area contributed by atoms with Gasteiger partial charge in [-0.2, -0.15) is 0 Å². The van der Waals surface area contributed by atoms with E-state index in [1.165, 1.54) is 6.07 Å². The van der Waals surface area contributed by atoms with Gasteiger partial charge in [0.2, 0.25) is 10.0 Å². The third-order valence-electron chi connectivity index (χ3n) is 5.33. The maximum Gasteiger partial charge on any atom is 0.254 e. The number of rotatable bonds is 4. The van der Waals surface area contributed by atoms with Crippen LogP contribution in [0.2, 0.25) is 0 Å². The Bertz CT molecular complexity index is 761. The minimum Gasteiger partial charge on any atom is -0.338 e. The second-order valence-corrected chi connectivity index (χ2v) is 8.97. The first-order valence-corrected chi connectivity index (χ1v) is 10.1. The van der Waals surface area contributed by atoms with E-state index in [0.717, 1.165) is 44.6 Å². The molecule has 6 nitrogen and oxygen atoms in total. The van der Waals surface area contributed by atoms with E-state index >= 15 is 0 Å². The highest BCUT2D eigenvalue weighted by Gasteiger charge is 2.38. The second kappa shape index (κ2) is 5.82. The lowest BCUT2D eigenvalue weighted by molar-refractivity contribution is 0.0780. The number of nitrogens with one attached hydrogen (secondary N) is 2. The van der Waals surface area contributed by atoms with Crippen LogP contribution in [0.25, 0.3) is 0 Å². The van der Waals surface area contributed by atoms with E-state index in [-0.39, 0.29) is 16.8 Å². The van der Waals surface area contributed by atoms with E-state index in [1.54, 1.807) is 12.1 Å². The van der Waals surface area contributed by atoms with Crippen molar-refractivity contribution in [2.24, 2.45) is 11.8 Å². The van der Waals surface area contributed by atoms with Gasteiger partial charge in [0.05, 0.1) is 4.90 Å². The Kier molecular flexibility index (Phi) is 3.89. The SMILES string of the molecule is Cc1ccc(S(=O)(=O)NC2CC2)cc1C(=O)N1C[C@H]2CNC[C@H]2C1. The Morgan fingerprint density at radius 3 is 2.50 bits per heavy atom. The summed E-state index contributed by atoms with van der Waals surface area (Å²) in [5.74, 6) is 1.00. The summed E-state index contributed by atoms with van der Waals surface area (Å²) in [6.07, 6.45) is 1.78. The molecule has 0 unspecified atom stereocenters. The Hall–Kier alpha value is -1.44. The number of carbonyl (C=O) groups excluding carboxylic acids is 1. The zero-order chi connectivity index (χ0) is 16.9. The normalized spacial score (nSPS) is 26.6. The van der Waals surface area contributed by atoms with Crippen molar-refractivity contribution in [1.82, 2.24) is 14.9 Å². The Morgan fingerprint density at radius 2 is 1.88 bits per heavy atom. The van der Waals surface area contributed by atoms with Crippen LogP contribution in [0.4, 0.5) is 0 Å². The van der Waals surface area contributed by atoms with Crippen LogP contribution >= 0.6 is 0 Å². The summed E-state index contributed by atoms with van der Waals surface area (Å²) in [5.41, 5.74) is 1.32. The van der Waals surface area contributed by atoms with Gasteiger partial charge in [-0.1, -0.05) is 6.07 Å². The number of amides is 1. The molecule has 0 radical (unpaired) electrons. The van der Waals surface area contributed by atoms with E-state index in [2.05, 4.69) is 10.0 Å². The van der Waals surface area contributed by atoms with Crippen molar-refractivity contribution in [1.29, 1.82) is 0 Å². The quantitative estimate of drug-likeness (QED) is 0.840. The van der Waals surface area contributed by atoms with E-state index in [1.807, 2.05) is 11.8 Å². The Morgan fingerprint density at radius 1 is 1.21 bits per heavy atom. The van der Waals surface area contributed by atoms with E-state index in [4.69, 9.17) is 0 Å². The molecule has 2 atom stereocenters. The monoisotopic (exact) mass is 349 g/mol. The number of aryl methyl sites for hydroxylation is 1. The molecule has 1 aromatic rings. The topological polar surface area (TPSA) is 78.5 Å². The molecule has 130 valence electrons. The third-order valence-corrected chi connectivity index (χ3v) is 6.84. The van der Waals surface area contributed by atoms with Crippen molar-refractivity contribution in [3.63, 3.8) is 0 Å². The van der Waals surface area contributed by atoms with Crippen molar-refractivity contribution in [2.75, 3.05) is 26.2 Å². The fourth-order valence-electron chi connectivity index (χ4n) is 3.68. The molecule has 0 bridgehead atoms.